The number of anilines is 1. The van der Waals surface area contributed by atoms with Crippen LogP contribution >= 0.6 is 11.6 Å². The predicted molar refractivity (Wildman–Crippen MR) is 133 cm³/mol. The van der Waals surface area contributed by atoms with Gasteiger partial charge in [0.2, 0.25) is 5.91 Å². The third kappa shape index (κ3) is 5.75. The largest absolute Gasteiger partial charge is 0.416 e. The Balaban J connectivity index is 2.08. The van der Waals surface area contributed by atoms with Gasteiger partial charge in [-0.25, -0.2) is 0 Å². The monoisotopic (exact) mass is 529 g/mol. The molecule has 0 aromatic heterocycles. The molecule has 35 heavy (non-hydrogen) atoms. The number of nitrogens with zero attached hydrogens (tertiary/aromatic N) is 1. The van der Waals surface area contributed by atoms with Crippen molar-refractivity contribution in [3.8, 4) is 0 Å². The van der Waals surface area contributed by atoms with Gasteiger partial charge in [0, 0.05) is 29.6 Å². The van der Waals surface area contributed by atoms with Crippen LogP contribution in [0.5, 0.6) is 0 Å². The summed E-state index contributed by atoms with van der Waals surface area (Å²) >= 11 is 6.71. The van der Waals surface area contributed by atoms with Crippen molar-refractivity contribution >= 4 is 34.0 Å². The summed E-state index contributed by atoms with van der Waals surface area (Å²) in [4.78, 5) is 14.9. The molecule has 3 rings (SSSR count). The Kier molecular flexibility index (Phi) is 8.09. The Labute approximate surface area is 212 Å². The second-order valence-corrected chi connectivity index (χ2v) is 12.3. The summed E-state index contributed by atoms with van der Waals surface area (Å²) in [7, 11) is -1.80. The number of carbonyl (C=O) groups is 1. The molecule has 2 aromatic carbocycles. The summed E-state index contributed by atoms with van der Waals surface area (Å²) in [5, 5.41) is 0.320. The van der Waals surface area contributed by atoms with Gasteiger partial charge in [-0.15, -0.1) is 0 Å². The van der Waals surface area contributed by atoms with Crippen LogP contribution in [0.4, 0.5) is 18.9 Å². The second-order valence-electron chi connectivity index (χ2n) is 10.1. The Bertz CT molecular complexity index is 1110. The highest BCUT2D eigenvalue weighted by molar-refractivity contribution is 7.86. The number of alkyl halides is 3. The molecule has 2 aromatic rings. The topological polar surface area (TPSA) is 46.6 Å². The Morgan fingerprint density at radius 3 is 2.23 bits per heavy atom. The molecule has 4 nitrogen and oxygen atoms in total. The first-order valence-electron chi connectivity index (χ1n) is 11.5. The molecule has 0 radical (unpaired) electrons. The minimum absolute atomic E-state index is 0.0875. The van der Waals surface area contributed by atoms with Gasteiger partial charge in [-0.2, -0.15) is 13.2 Å². The number of rotatable bonds is 5. The summed E-state index contributed by atoms with van der Waals surface area (Å²) in [5.74, 6) is -0.0875. The van der Waals surface area contributed by atoms with E-state index >= 15 is 0 Å². The number of halogens is 4. The number of hydrogen-bond acceptors (Lipinski definition) is 3. The van der Waals surface area contributed by atoms with Crippen molar-refractivity contribution in [2.24, 2.45) is 5.41 Å². The molecule has 1 aliphatic heterocycles. The van der Waals surface area contributed by atoms with E-state index in [0.717, 1.165) is 12.1 Å². The van der Waals surface area contributed by atoms with Crippen LogP contribution < -0.4 is 4.90 Å². The van der Waals surface area contributed by atoms with Crippen LogP contribution in [0.3, 0.4) is 0 Å². The third-order valence-electron chi connectivity index (χ3n) is 6.14. The molecule has 0 spiro atoms. The summed E-state index contributed by atoms with van der Waals surface area (Å²) in [5.41, 5.74) is -0.277. The molecule has 1 aliphatic rings. The van der Waals surface area contributed by atoms with Gasteiger partial charge in [0.25, 0.3) is 0 Å². The van der Waals surface area contributed by atoms with Crippen LogP contribution in [0.25, 0.3) is 0 Å². The van der Waals surface area contributed by atoms with E-state index in [1.807, 2.05) is 34.6 Å². The lowest BCUT2D eigenvalue weighted by molar-refractivity contribution is -0.137. The molecular formula is C26H31ClF3NO3S. The highest BCUT2D eigenvalue weighted by atomic mass is 35.5. The first kappa shape index (κ1) is 27.7. The van der Waals surface area contributed by atoms with E-state index in [9.17, 15) is 22.2 Å². The summed E-state index contributed by atoms with van der Waals surface area (Å²) in [6.45, 7) is 9.95. The average Bonchev–Trinajstić information content (AvgIpc) is 2.78. The molecule has 9 heteroatoms. The Morgan fingerprint density at radius 2 is 1.71 bits per heavy atom. The molecule has 1 atom stereocenters. The molecule has 1 fully saturated rings. The van der Waals surface area contributed by atoms with Gasteiger partial charge >= 0.3 is 6.18 Å². The van der Waals surface area contributed by atoms with Crippen LogP contribution in [-0.4, -0.2) is 29.4 Å². The Morgan fingerprint density at radius 1 is 1.09 bits per heavy atom. The molecule has 192 valence electrons. The van der Waals surface area contributed by atoms with E-state index in [0.29, 0.717) is 42.3 Å². The molecule has 1 unspecified atom stereocenters. The molecule has 0 N–H and O–H groups in total. The first-order chi connectivity index (χ1) is 16.2. The van der Waals surface area contributed by atoms with Gasteiger partial charge in [-0.3, -0.25) is 9.00 Å². The van der Waals surface area contributed by atoms with E-state index < -0.39 is 32.7 Å². The van der Waals surface area contributed by atoms with Crippen molar-refractivity contribution in [1.29, 1.82) is 0 Å². The van der Waals surface area contributed by atoms with E-state index in [1.165, 1.54) is 12.1 Å². The van der Waals surface area contributed by atoms with E-state index in [1.54, 1.807) is 23.1 Å². The molecule has 0 aliphatic carbocycles. The van der Waals surface area contributed by atoms with Crippen LogP contribution in [-0.2, 0) is 31.3 Å². The van der Waals surface area contributed by atoms with Crippen LogP contribution in [0, 0.1) is 5.41 Å². The molecular weight excluding hydrogens is 499 g/mol. The van der Waals surface area contributed by atoms with Gasteiger partial charge in [0.1, 0.15) is 0 Å². The van der Waals surface area contributed by atoms with E-state index in [2.05, 4.69) is 0 Å². The summed E-state index contributed by atoms with van der Waals surface area (Å²) in [6, 6.07) is 9.71. The lowest BCUT2D eigenvalue weighted by Gasteiger charge is -2.38. The van der Waals surface area contributed by atoms with Gasteiger partial charge in [0.15, 0.2) is 0 Å². The zero-order valence-corrected chi connectivity index (χ0v) is 22.1. The first-order valence-corrected chi connectivity index (χ1v) is 13.0. The van der Waals surface area contributed by atoms with Gasteiger partial charge in [0.05, 0.1) is 31.8 Å². The molecule has 0 saturated carbocycles. The number of hydrogen-bond donors (Lipinski definition) is 0. The number of amides is 1. The minimum Gasteiger partial charge on any atom is -0.381 e. The summed E-state index contributed by atoms with van der Waals surface area (Å²) in [6.07, 6.45) is -3.81. The Hall–Kier alpha value is -1.90. The maximum absolute atomic E-state index is 13.9. The summed E-state index contributed by atoms with van der Waals surface area (Å²) < 4.78 is 58.3. The van der Waals surface area contributed by atoms with Crippen molar-refractivity contribution in [1.82, 2.24) is 0 Å². The fraction of sp³-hybridized carbons (Fsp3) is 0.500. The van der Waals surface area contributed by atoms with E-state index in [4.69, 9.17) is 16.3 Å². The van der Waals surface area contributed by atoms with Crippen molar-refractivity contribution in [3.63, 3.8) is 0 Å². The molecule has 0 bridgehead atoms. The highest BCUT2D eigenvalue weighted by Gasteiger charge is 2.43. The lowest BCUT2D eigenvalue weighted by atomic mass is 9.89. The quantitative estimate of drug-likeness (QED) is 0.420. The van der Waals surface area contributed by atoms with Crippen LogP contribution in [0.15, 0.2) is 47.4 Å². The van der Waals surface area contributed by atoms with Gasteiger partial charge in [-0.05, 0) is 62.6 Å². The standard InChI is InChI=1S/C26H31ClF3NO3S/c1-17(2)31(23(32)24(3,4)5)22-10-9-18(16-21(22)27)25(11-13-34-14-12-25)35(33)20-8-6-7-19(15-20)26(28,29)30/h6-10,15-17H,11-14H2,1-5H3. The normalized spacial score (nSPS) is 17.3. The molecule has 1 heterocycles. The average molecular weight is 530 g/mol. The van der Waals surface area contributed by atoms with Crippen LogP contribution in [0.2, 0.25) is 5.02 Å². The maximum atomic E-state index is 13.9. The van der Waals surface area contributed by atoms with E-state index in [-0.39, 0.29) is 16.8 Å². The van der Waals surface area contributed by atoms with Gasteiger partial charge in [-0.1, -0.05) is 44.5 Å². The second kappa shape index (κ2) is 10.2. The number of carbonyl (C=O) groups excluding carboxylic acids is 1. The van der Waals surface area contributed by atoms with Crippen molar-refractivity contribution in [2.45, 2.75) is 69.3 Å². The maximum Gasteiger partial charge on any atom is 0.416 e. The minimum atomic E-state index is -4.53. The van der Waals surface area contributed by atoms with Crippen molar-refractivity contribution < 1.29 is 26.9 Å². The van der Waals surface area contributed by atoms with Crippen LogP contribution in [0.1, 0.15) is 58.6 Å². The lowest BCUT2D eigenvalue weighted by Crippen LogP contribution is -2.44. The predicted octanol–water partition coefficient (Wildman–Crippen LogP) is 6.96. The molecule has 1 amide bonds. The van der Waals surface area contributed by atoms with Crippen molar-refractivity contribution in [3.05, 3.63) is 58.6 Å². The number of benzene rings is 2. The fourth-order valence-electron chi connectivity index (χ4n) is 4.26. The molecule has 1 saturated heterocycles. The number of ether oxygens (including phenoxy) is 1. The van der Waals surface area contributed by atoms with Gasteiger partial charge < -0.3 is 9.64 Å². The smallest absolute Gasteiger partial charge is 0.381 e. The zero-order valence-electron chi connectivity index (χ0n) is 20.5. The van der Waals surface area contributed by atoms with Crippen molar-refractivity contribution in [2.75, 3.05) is 18.1 Å². The fourth-order valence-corrected chi connectivity index (χ4v) is 6.30. The zero-order chi connectivity index (χ0) is 26.2. The SMILES string of the molecule is CC(C)N(C(=O)C(C)(C)C)c1ccc(C2(S(=O)c3cccc(C(F)(F)F)c3)CCOCC2)cc1Cl. The third-order valence-corrected chi connectivity index (χ3v) is 8.48. The highest BCUT2D eigenvalue weighted by Crippen LogP contribution is 2.44.